The number of pyridine rings is 1. The van der Waals surface area contributed by atoms with Gasteiger partial charge in [-0.3, -0.25) is 9.78 Å². The van der Waals surface area contributed by atoms with Gasteiger partial charge in [-0.2, -0.15) is 0 Å². The summed E-state index contributed by atoms with van der Waals surface area (Å²) in [7, 11) is 1.86. The Balaban J connectivity index is 0.000000352. The van der Waals surface area contributed by atoms with Crippen molar-refractivity contribution in [2.45, 2.75) is 77.7 Å². The van der Waals surface area contributed by atoms with E-state index in [0.717, 1.165) is 36.8 Å². The summed E-state index contributed by atoms with van der Waals surface area (Å²) in [6.07, 6.45) is 16.1. The Hall–Kier alpha value is -3.07. The van der Waals surface area contributed by atoms with E-state index in [1.165, 1.54) is 68.1 Å². The molecule has 0 bridgehead atoms. The minimum atomic E-state index is -1.17. The van der Waals surface area contributed by atoms with Gasteiger partial charge in [0.25, 0.3) is 0 Å². The van der Waals surface area contributed by atoms with Crippen molar-refractivity contribution in [3.05, 3.63) is 69.7 Å². The number of halogens is 2. The van der Waals surface area contributed by atoms with E-state index in [4.69, 9.17) is 28.3 Å². The molecule has 0 saturated carbocycles. The molecule has 0 unspecified atom stereocenters. The number of aromatic carboxylic acids is 1. The number of benzene rings is 1. The zero-order valence-corrected chi connectivity index (χ0v) is 25.3. The molecule has 1 aromatic carbocycles. The number of hydrogen-bond donors (Lipinski definition) is 2. The van der Waals surface area contributed by atoms with E-state index < -0.39 is 5.97 Å². The monoisotopic (exact) mass is 599 g/mol. The number of nitrogens with one attached hydrogen (secondary N) is 1. The van der Waals surface area contributed by atoms with Crippen LogP contribution in [0.25, 0.3) is 11.1 Å². The van der Waals surface area contributed by atoms with Crippen LogP contribution < -0.4 is 10.2 Å². The number of carboxylic acids is 1. The Morgan fingerprint density at radius 1 is 0.951 bits per heavy atom. The molecule has 1 amide bonds. The predicted octanol–water partition coefficient (Wildman–Crippen LogP) is 7.37. The summed E-state index contributed by atoms with van der Waals surface area (Å²) in [6, 6.07) is 9.75. The van der Waals surface area contributed by atoms with Crippen molar-refractivity contribution in [1.82, 2.24) is 20.5 Å². The smallest absolute Gasteiger partial charge is 0.339 e. The maximum absolute atomic E-state index is 11.9. The van der Waals surface area contributed by atoms with Gasteiger partial charge in [-0.1, -0.05) is 81.1 Å². The highest BCUT2D eigenvalue weighted by atomic mass is 35.5. The normalized spacial score (nSPS) is 12.5. The van der Waals surface area contributed by atoms with Gasteiger partial charge in [0.15, 0.2) is 10.3 Å². The number of carbonyl (C=O) groups is 2. The zero-order valence-electron chi connectivity index (χ0n) is 23.8. The molecule has 2 N–H and O–H groups in total. The number of carbonyl (C=O) groups excluding carboxylic acids is 1. The van der Waals surface area contributed by atoms with Gasteiger partial charge in [-0.05, 0) is 60.3 Å². The van der Waals surface area contributed by atoms with Crippen molar-refractivity contribution in [3.8, 4) is 11.1 Å². The Kier molecular flexibility index (Phi) is 13.5. The lowest BCUT2D eigenvalue weighted by Crippen LogP contribution is -2.30. The maximum atomic E-state index is 11.9. The van der Waals surface area contributed by atoms with Gasteiger partial charge >= 0.3 is 5.97 Å². The molecule has 1 aliphatic rings. The highest BCUT2D eigenvalue weighted by Crippen LogP contribution is 2.31. The van der Waals surface area contributed by atoms with E-state index in [-0.39, 0.29) is 21.8 Å². The first-order chi connectivity index (χ1) is 19.8. The minimum Gasteiger partial charge on any atom is -0.478 e. The lowest BCUT2D eigenvalue weighted by molar-refractivity contribution is -0.118. The molecule has 8 nitrogen and oxygen atoms in total. The predicted molar refractivity (Wildman–Crippen MR) is 165 cm³/mol. The van der Waals surface area contributed by atoms with Crippen LogP contribution in [0.5, 0.6) is 0 Å². The van der Waals surface area contributed by atoms with Crippen molar-refractivity contribution in [1.29, 1.82) is 0 Å². The summed E-state index contributed by atoms with van der Waals surface area (Å²) in [4.78, 5) is 28.5. The van der Waals surface area contributed by atoms with Crippen molar-refractivity contribution in [2.75, 3.05) is 18.5 Å². The van der Waals surface area contributed by atoms with Crippen molar-refractivity contribution >= 4 is 40.8 Å². The van der Waals surface area contributed by atoms with Gasteiger partial charge in [-0.25, -0.2) is 4.79 Å². The first-order valence-electron chi connectivity index (χ1n) is 14.3. The Labute approximate surface area is 252 Å². The summed E-state index contributed by atoms with van der Waals surface area (Å²) < 4.78 is 0. The summed E-state index contributed by atoms with van der Waals surface area (Å²) in [5.41, 5.74) is 5.67. The molecule has 0 fully saturated rings. The molecule has 0 radical (unpaired) electrons. The van der Waals surface area contributed by atoms with Gasteiger partial charge < -0.3 is 15.3 Å². The van der Waals surface area contributed by atoms with Crippen LogP contribution in [-0.2, 0) is 17.8 Å². The summed E-state index contributed by atoms with van der Waals surface area (Å²) in [5.74, 6) is -0.978. The molecule has 0 aliphatic carbocycles. The standard InChI is InChI=1S/C26H37N3O.C5H2Cl2N2O2/c1-3-4-5-6-7-8-9-10-15-27-18-21-16-24(20-28-19-21)22-11-13-25-23(17-22)12-14-26(30)29(25)2;6-3-1-2(5(10)11)4(7)9-8-3/h11,13,16-17,19-20,27H,3-10,12,14-15,18H2,1-2H3;1H,(H,10,11). The average molecular weight is 601 g/mol. The topological polar surface area (TPSA) is 108 Å². The first-order valence-corrected chi connectivity index (χ1v) is 15.0. The molecule has 3 heterocycles. The number of unbranched alkanes of at least 4 members (excludes halogenated alkanes) is 7. The number of carboxylic acid groups (broad SMARTS) is 1. The quantitative estimate of drug-likeness (QED) is 0.197. The molecule has 1 aliphatic heterocycles. The van der Waals surface area contributed by atoms with Gasteiger partial charge in [0.2, 0.25) is 5.91 Å². The third-order valence-electron chi connectivity index (χ3n) is 7.04. The Bertz CT molecular complexity index is 1300. The number of hydrogen-bond acceptors (Lipinski definition) is 6. The summed E-state index contributed by atoms with van der Waals surface area (Å²) in [6.45, 7) is 4.20. The van der Waals surface area contributed by atoms with Crippen LogP contribution in [0.2, 0.25) is 10.3 Å². The van der Waals surface area contributed by atoms with E-state index in [0.29, 0.717) is 6.42 Å². The molecule has 0 atom stereocenters. The number of rotatable bonds is 13. The third-order valence-corrected chi connectivity index (χ3v) is 7.50. The lowest BCUT2D eigenvalue weighted by atomic mass is 9.96. The fraction of sp³-hybridized carbons (Fsp3) is 0.452. The zero-order chi connectivity index (χ0) is 29.6. The molecular formula is C31H39Cl2N5O3. The highest BCUT2D eigenvalue weighted by Gasteiger charge is 2.21. The van der Waals surface area contributed by atoms with E-state index in [1.54, 1.807) is 4.90 Å². The Morgan fingerprint density at radius 2 is 1.68 bits per heavy atom. The molecule has 0 saturated heterocycles. The fourth-order valence-corrected chi connectivity index (χ4v) is 5.02. The first kappa shape index (κ1) is 32.4. The van der Waals surface area contributed by atoms with Crippen LogP contribution in [0.4, 0.5) is 5.69 Å². The molecule has 0 spiro atoms. The number of nitrogens with zero attached hydrogens (tertiary/aromatic N) is 4. The number of amides is 1. The largest absolute Gasteiger partial charge is 0.478 e. The Morgan fingerprint density at radius 3 is 2.39 bits per heavy atom. The maximum Gasteiger partial charge on any atom is 0.339 e. The van der Waals surface area contributed by atoms with Crippen molar-refractivity contribution in [3.63, 3.8) is 0 Å². The second-order valence-corrected chi connectivity index (χ2v) is 11.0. The van der Waals surface area contributed by atoms with Gasteiger partial charge in [-0.15, -0.1) is 10.2 Å². The number of aryl methyl sites for hydroxylation is 1. The van der Waals surface area contributed by atoms with Crippen molar-refractivity contribution < 1.29 is 14.7 Å². The molecule has 3 aromatic rings. The molecule has 220 valence electrons. The number of anilines is 1. The van der Waals surface area contributed by atoms with Gasteiger partial charge in [0, 0.05) is 43.7 Å². The lowest BCUT2D eigenvalue weighted by Gasteiger charge is -2.26. The van der Waals surface area contributed by atoms with Crippen LogP contribution in [0.15, 0.2) is 42.7 Å². The van der Waals surface area contributed by atoms with Crippen molar-refractivity contribution in [2.24, 2.45) is 0 Å². The van der Waals surface area contributed by atoms with Crippen LogP contribution in [0.3, 0.4) is 0 Å². The summed E-state index contributed by atoms with van der Waals surface area (Å²) in [5, 5.41) is 18.5. The van der Waals surface area contributed by atoms with E-state index in [9.17, 15) is 9.59 Å². The molecule has 4 rings (SSSR count). The van der Waals surface area contributed by atoms with E-state index >= 15 is 0 Å². The molecule has 2 aromatic heterocycles. The second kappa shape index (κ2) is 17.0. The average Bonchev–Trinajstić information content (AvgIpc) is 2.97. The minimum absolute atomic E-state index is 0.00630. The van der Waals surface area contributed by atoms with Gasteiger partial charge in [0.05, 0.1) is 0 Å². The van der Waals surface area contributed by atoms with Crippen LogP contribution in [-0.4, -0.2) is 45.8 Å². The van der Waals surface area contributed by atoms with E-state index in [1.807, 2.05) is 19.4 Å². The van der Waals surface area contributed by atoms with Crippen LogP contribution in [0, 0.1) is 0 Å². The second-order valence-electron chi connectivity index (χ2n) is 10.2. The number of fused-ring (bicyclic) bond motifs is 1. The highest BCUT2D eigenvalue weighted by molar-refractivity contribution is 6.33. The molecule has 41 heavy (non-hydrogen) atoms. The fourth-order valence-electron chi connectivity index (χ4n) is 4.70. The number of aromatic nitrogens is 3. The third kappa shape index (κ3) is 10.4. The van der Waals surface area contributed by atoms with Gasteiger partial charge in [0.1, 0.15) is 5.56 Å². The summed E-state index contributed by atoms with van der Waals surface area (Å²) >= 11 is 10.7. The van der Waals surface area contributed by atoms with Crippen LogP contribution in [0.1, 0.15) is 86.2 Å². The SMILES string of the molecule is CCCCCCCCCCNCc1cncc(-c2ccc3c(c2)CCC(=O)N3C)c1.O=C(O)c1cc(Cl)nnc1Cl. The van der Waals surface area contributed by atoms with Crippen LogP contribution >= 0.6 is 23.2 Å². The molecular weight excluding hydrogens is 561 g/mol. The molecule has 10 heteroatoms. The van der Waals surface area contributed by atoms with E-state index in [2.05, 4.69) is 51.7 Å².